The van der Waals surface area contributed by atoms with Gasteiger partial charge in [0.15, 0.2) is 11.5 Å². The molecule has 3 nitrogen and oxygen atoms in total. The highest BCUT2D eigenvalue weighted by molar-refractivity contribution is 6.17. The molecule has 20 heavy (non-hydrogen) atoms. The smallest absolute Gasteiger partial charge is 0.161 e. The Hall–Kier alpha value is -1.87. The van der Waals surface area contributed by atoms with Crippen molar-refractivity contribution < 1.29 is 14.2 Å². The molecule has 4 heteroatoms. The number of ether oxygens (including phenoxy) is 3. The topological polar surface area (TPSA) is 27.7 Å². The SMILES string of the molecule is COc1cccc(COc2cc(CCl)ccc2OC)c1. The summed E-state index contributed by atoms with van der Waals surface area (Å²) in [4.78, 5) is 0. The maximum absolute atomic E-state index is 5.84. The summed E-state index contributed by atoms with van der Waals surface area (Å²) in [6.45, 7) is 0.444. The molecule has 0 aliphatic heterocycles. The molecule has 106 valence electrons. The number of hydrogen-bond acceptors (Lipinski definition) is 3. The first-order valence-electron chi connectivity index (χ1n) is 6.25. The van der Waals surface area contributed by atoms with Crippen LogP contribution in [-0.4, -0.2) is 14.2 Å². The molecule has 0 amide bonds. The summed E-state index contributed by atoms with van der Waals surface area (Å²) < 4.78 is 16.3. The Morgan fingerprint density at radius 1 is 0.900 bits per heavy atom. The van der Waals surface area contributed by atoms with Crippen LogP contribution in [0.2, 0.25) is 0 Å². The van der Waals surface area contributed by atoms with E-state index in [1.165, 1.54) is 0 Å². The van der Waals surface area contributed by atoms with Crippen molar-refractivity contribution >= 4 is 11.6 Å². The van der Waals surface area contributed by atoms with Crippen molar-refractivity contribution in [3.8, 4) is 17.2 Å². The van der Waals surface area contributed by atoms with Crippen LogP contribution in [0, 0.1) is 0 Å². The molecule has 2 rings (SSSR count). The van der Waals surface area contributed by atoms with Gasteiger partial charge in [-0.05, 0) is 35.4 Å². The van der Waals surface area contributed by atoms with E-state index in [2.05, 4.69) is 0 Å². The lowest BCUT2D eigenvalue weighted by Gasteiger charge is -2.12. The molecule has 0 N–H and O–H groups in total. The molecular weight excluding hydrogens is 276 g/mol. The van der Waals surface area contributed by atoms with Gasteiger partial charge >= 0.3 is 0 Å². The highest BCUT2D eigenvalue weighted by Crippen LogP contribution is 2.29. The first kappa shape index (κ1) is 14.5. The van der Waals surface area contributed by atoms with Crippen molar-refractivity contribution in [2.75, 3.05) is 14.2 Å². The zero-order chi connectivity index (χ0) is 14.4. The van der Waals surface area contributed by atoms with Gasteiger partial charge in [0, 0.05) is 5.88 Å². The monoisotopic (exact) mass is 292 g/mol. The van der Waals surface area contributed by atoms with E-state index in [4.69, 9.17) is 25.8 Å². The fraction of sp³-hybridized carbons (Fsp3) is 0.250. The zero-order valence-corrected chi connectivity index (χ0v) is 12.3. The van der Waals surface area contributed by atoms with Crippen molar-refractivity contribution in [2.45, 2.75) is 12.5 Å². The van der Waals surface area contributed by atoms with Crippen molar-refractivity contribution in [3.05, 3.63) is 53.6 Å². The maximum Gasteiger partial charge on any atom is 0.161 e. The van der Waals surface area contributed by atoms with Crippen molar-refractivity contribution in [3.63, 3.8) is 0 Å². The van der Waals surface area contributed by atoms with Gasteiger partial charge in [0.05, 0.1) is 14.2 Å². The summed E-state index contributed by atoms with van der Waals surface area (Å²) >= 11 is 5.84. The normalized spacial score (nSPS) is 10.2. The molecule has 0 atom stereocenters. The van der Waals surface area contributed by atoms with Gasteiger partial charge in [-0.2, -0.15) is 0 Å². The number of benzene rings is 2. The molecule has 2 aromatic rings. The quantitative estimate of drug-likeness (QED) is 0.753. The molecule has 0 aliphatic carbocycles. The van der Waals surface area contributed by atoms with Gasteiger partial charge in [-0.15, -0.1) is 11.6 Å². The molecule has 0 fully saturated rings. The van der Waals surface area contributed by atoms with Crippen LogP contribution in [0.4, 0.5) is 0 Å². The number of hydrogen-bond donors (Lipinski definition) is 0. The fourth-order valence-electron chi connectivity index (χ4n) is 1.84. The molecule has 0 aliphatic rings. The van der Waals surface area contributed by atoms with Crippen LogP contribution in [0.5, 0.6) is 17.2 Å². The van der Waals surface area contributed by atoms with Gasteiger partial charge in [-0.1, -0.05) is 18.2 Å². The molecule has 0 spiro atoms. The van der Waals surface area contributed by atoms with E-state index in [-0.39, 0.29) is 0 Å². The highest BCUT2D eigenvalue weighted by Gasteiger charge is 2.06. The number of halogens is 1. The second-order valence-electron chi connectivity index (χ2n) is 4.26. The minimum Gasteiger partial charge on any atom is -0.497 e. The van der Waals surface area contributed by atoms with Crippen molar-refractivity contribution in [1.82, 2.24) is 0 Å². The first-order valence-corrected chi connectivity index (χ1v) is 6.79. The van der Waals surface area contributed by atoms with E-state index in [1.54, 1.807) is 14.2 Å². The Kier molecular flexibility index (Phi) is 5.13. The van der Waals surface area contributed by atoms with Crippen LogP contribution < -0.4 is 14.2 Å². The Bertz CT molecular complexity index is 569. The van der Waals surface area contributed by atoms with Gasteiger partial charge in [-0.3, -0.25) is 0 Å². The lowest BCUT2D eigenvalue weighted by molar-refractivity contribution is 0.283. The van der Waals surface area contributed by atoms with E-state index in [0.717, 1.165) is 16.9 Å². The van der Waals surface area contributed by atoms with Gasteiger partial charge in [0.2, 0.25) is 0 Å². The Morgan fingerprint density at radius 2 is 1.75 bits per heavy atom. The van der Waals surface area contributed by atoms with E-state index in [9.17, 15) is 0 Å². The minimum atomic E-state index is 0.444. The van der Waals surface area contributed by atoms with Crippen molar-refractivity contribution in [1.29, 1.82) is 0 Å². The van der Waals surface area contributed by atoms with Gasteiger partial charge in [0.1, 0.15) is 12.4 Å². The van der Waals surface area contributed by atoms with E-state index in [1.807, 2.05) is 42.5 Å². The molecular formula is C16H17ClO3. The third-order valence-corrected chi connectivity index (χ3v) is 3.22. The Balaban J connectivity index is 2.12. The molecule has 0 radical (unpaired) electrons. The summed E-state index contributed by atoms with van der Waals surface area (Å²) in [5, 5.41) is 0. The molecule has 0 saturated heterocycles. The average molecular weight is 293 g/mol. The number of alkyl halides is 1. The first-order chi connectivity index (χ1) is 9.76. The molecule has 0 aromatic heterocycles. The van der Waals surface area contributed by atoms with Crippen LogP contribution in [-0.2, 0) is 12.5 Å². The van der Waals surface area contributed by atoms with Gasteiger partial charge in [-0.25, -0.2) is 0 Å². The van der Waals surface area contributed by atoms with Gasteiger partial charge in [0.25, 0.3) is 0 Å². The van der Waals surface area contributed by atoms with E-state index < -0.39 is 0 Å². The molecule has 2 aromatic carbocycles. The lowest BCUT2D eigenvalue weighted by atomic mass is 10.2. The number of methoxy groups -OCH3 is 2. The van der Waals surface area contributed by atoms with Crippen molar-refractivity contribution in [2.24, 2.45) is 0 Å². The van der Waals surface area contributed by atoms with Crippen LogP contribution in [0.3, 0.4) is 0 Å². The van der Waals surface area contributed by atoms with Crippen LogP contribution >= 0.6 is 11.6 Å². The second kappa shape index (κ2) is 7.06. The predicted octanol–water partition coefficient (Wildman–Crippen LogP) is 4.02. The Morgan fingerprint density at radius 3 is 2.45 bits per heavy atom. The summed E-state index contributed by atoms with van der Waals surface area (Å²) in [7, 11) is 3.26. The van der Waals surface area contributed by atoms with E-state index >= 15 is 0 Å². The summed E-state index contributed by atoms with van der Waals surface area (Å²) in [6, 6.07) is 13.4. The molecule has 0 bridgehead atoms. The largest absolute Gasteiger partial charge is 0.497 e. The highest BCUT2D eigenvalue weighted by atomic mass is 35.5. The van der Waals surface area contributed by atoms with Crippen LogP contribution in [0.25, 0.3) is 0 Å². The Labute approximate surface area is 124 Å². The molecule has 0 unspecified atom stereocenters. The minimum absolute atomic E-state index is 0.444. The third-order valence-electron chi connectivity index (χ3n) is 2.91. The standard InChI is InChI=1S/C16H17ClO3/c1-18-14-5-3-4-13(8-14)11-20-16-9-12(10-17)6-7-15(16)19-2/h3-9H,10-11H2,1-2H3. The van der Waals surface area contributed by atoms with E-state index in [0.29, 0.717) is 24.0 Å². The summed E-state index contributed by atoms with van der Waals surface area (Å²) in [6.07, 6.45) is 0. The lowest BCUT2D eigenvalue weighted by Crippen LogP contribution is -1.98. The van der Waals surface area contributed by atoms with Gasteiger partial charge < -0.3 is 14.2 Å². The van der Waals surface area contributed by atoms with Crippen LogP contribution in [0.1, 0.15) is 11.1 Å². The van der Waals surface area contributed by atoms with Crippen LogP contribution in [0.15, 0.2) is 42.5 Å². The maximum atomic E-state index is 5.84. The summed E-state index contributed by atoms with van der Waals surface area (Å²) in [5.74, 6) is 2.64. The zero-order valence-electron chi connectivity index (χ0n) is 11.6. The summed E-state index contributed by atoms with van der Waals surface area (Å²) in [5.41, 5.74) is 2.02. The fourth-order valence-corrected chi connectivity index (χ4v) is 2.01. The molecule has 0 saturated carbocycles. The third kappa shape index (κ3) is 3.58. The second-order valence-corrected chi connectivity index (χ2v) is 4.53. The predicted molar refractivity (Wildman–Crippen MR) is 79.9 cm³/mol. The average Bonchev–Trinajstić information content (AvgIpc) is 2.52. The number of rotatable bonds is 6. The molecule has 0 heterocycles.